The number of amides is 2. The van der Waals surface area contributed by atoms with Crippen molar-refractivity contribution in [3.63, 3.8) is 0 Å². The molecule has 4 rings (SSSR count). The fourth-order valence-electron chi connectivity index (χ4n) is 4.49. The molecule has 0 bridgehead atoms. The molecule has 7 heteroatoms. The third kappa shape index (κ3) is 5.15. The zero-order valence-electron chi connectivity index (χ0n) is 19.9. The highest BCUT2D eigenvalue weighted by atomic mass is 32.1. The van der Waals surface area contributed by atoms with Crippen LogP contribution in [0.4, 0.5) is 11.4 Å². The van der Waals surface area contributed by atoms with Gasteiger partial charge in [0.25, 0.3) is 0 Å². The molecule has 33 heavy (non-hydrogen) atoms. The molecule has 1 aliphatic heterocycles. The van der Waals surface area contributed by atoms with Crippen LogP contribution in [-0.2, 0) is 16.0 Å². The van der Waals surface area contributed by atoms with E-state index < -0.39 is 0 Å². The van der Waals surface area contributed by atoms with Crippen LogP contribution in [0.5, 0.6) is 0 Å². The number of carbonyl (C=O) groups excluding carboxylic acids is 2. The summed E-state index contributed by atoms with van der Waals surface area (Å²) in [5.74, 6) is -0.116. The average molecular weight is 463 g/mol. The van der Waals surface area contributed by atoms with E-state index in [4.69, 9.17) is 0 Å². The Morgan fingerprint density at radius 2 is 1.82 bits per heavy atom. The number of thiazole rings is 1. The molecule has 6 nitrogen and oxygen atoms in total. The van der Waals surface area contributed by atoms with Crippen molar-refractivity contribution in [1.29, 1.82) is 0 Å². The molecule has 0 unspecified atom stereocenters. The zero-order chi connectivity index (χ0) is 23.7. The number of nitrogens with one attached hydrogen (secondary N) is 1. The minimum Gasteiger partial charge on any atom is -0.324 e. The Labute approximate surface area is 199 Å². The molecule has 0 spiro atoms. The van der Waals surface area contributed by atoms with Gasteiger partial charge in [-0.3, -0.25) is 14.5 Å². The Hall–Kier alpha value is -3.03. The van der Waals surface area contributed by atoms with Gasteiger partial charge in [-0.2, -0.15) is 0 Å². The number of aryl methyl sites for hydroxylation is 4. The van der Waals surface area contributed by atoms with Gasteiger partial charge in [0.05, 0.1) is 23.8 Å². The van der Waals surface area contributed by atoms with Crippen LogP contribution in [0.25, 0.3) is 11.3 Å². The van der Waals surface area contributed by atoms with Crippen LogP contribution < -0.4 is 10.2 Å². The van der Waals surface area contributed by atoms with Gasteiger partial charge in [-0.25, -0.2) is 4.98 Å². The summed E-state index contributed by atoms with van der Waals surface area (Å²) < 4.78 is 0. The van der Waals surface area contributed by atoms with Crippen LogP contribution in [0.15, 0.2) is 35.7 Å². The predicted octanol–water partition coefficient (Wildman–Crippen LogP) is 4.50. The number of rotatable bonds is 6. The van der Waals surface area contributed by atoms with Crippen molar-refractivity contribution in [3.8, 4) is 11.3 Å². The van der Waals surface area contributed by atoms with E-state index >= 15 is 0 Å². The molecule has 172 valence electrons. The van der Waals surface area contributed by atoms with Crippen molar-refractivity contribution in [2.75, 3.05) is 36.9 Å². The van der Waals surface area contributed by atoms with E-state index in [2.05, 4.69) is 33.9 Å². The molecule has 2 aromatic carbocycles. The number of anilines is 2. The first kappa shape index (κ1) is 23.1. The van der Waals surface area contributed by atoms with Crippen molar-refractivity contribution in [2.45, 2.75) is 34.1 Å². The maximum atomic E-state index is 13.0. The maximum absolute atomic E-state index is 13.0. The zero-order valence-corrected chi connectivity index (χ0v) is 20.7. The number of likely N-dealkylation sites (N-methyl/N-ethyl adjacent to an activating group) is 1. The number of benzene rings is 2. The minimum atomic E-state index is -0.120. The molecular weight excluding hydrogens is 432 g/mol. The Morgan fingerprint density at radius 1 is 1.09 bits per heavy atom. The van der Waals surface area contributed by atoms with E-state index in [1.807, 2.05) is 44.7 Å². The fourth-order valence-corrected chi connectivity index (χ4v) is 5.11. The van der Waals surface area contributed by atoms with E-state index in [1.165, 1.54) is 5.56 Å². The van der Waals surface area contributed by atoms with E-state index in [0.29, 0.717) is 6.54 Å². The second kappa shape index (κ2) is 9.45. The Balaban J connectivity index is 1.37. The number of fused-ring (bicyclic) bond motifs is 1. The van der Waals surface area contributed by atoms with Crippen molar-refractivity contribution in [3.05, 3.63) is 63.0 Å². The monoisotopic (exact) mass is 462 g/mol. The summed E-state index contributed by atoms with van der Waals surface area (Å²) in [6, 6.07) is 10.3. The van der Waals surface area contributed by atoms with Gasteiger partial charge in [-0.1, -0.05) is 23.8 Å². The topological polar surface area (TPSA) is 65.5 Å². The van der Waals surface area contributed by atoms with Crippen LogP contribution in [-0.4, -0.2) is 48.4 Å². The van der Waals surface area contributed by atoms with E-state index in [-0.39, 0.29) is 24.9 Å². The minimum absolute atomic E-state index is 0.00370. The summed E-state index contributed by atoms with van der Waals surface area (Å²) in [5, 5.41) is 6.12. The molecule has 1 N–H and O–H groups in total. The molecule has 0 radical (unpaired) electrons. The van der Waals surface area contributed by atoms with Gasteiger partial charge in [0.1, 0.15) is 0 Å². The lowest BCUT2D eigenvalue weighted by Crippen LogP contribution is -2.41. The molecule has 0 aliphatic carbocycles. The standard InChI is InChI=1S/C26H30N4O2S/c1-16-10-17(2)26(18(3)11-16)28-24(31)13-29(5)14-25(32)30-9-8-21-12-20(6-7-23(21)30)22-15-33-19(4)27-22/h6-7,10-12,15H,8-9,13-14H2,1-5H3,(H,28,31). The second-order valence-electron chi connectivity index (χ2n) is 8.88. The third-order valence-corrected chi connectivity index (χ3v) is 6.72. The molecule has 0 fully saturated rings. The van der Waals surface area contributed by atoms with Gasteiger partial charge in [-0.05, 0) is 70.0 Å². The average Bonchev–Trinajstić information content (AvgIpc) is 3.36. The SMILES string of the molecule is Cc1cc(C)c(NC(=O)CN(C)CC(=O)N2CCc3cc(-c4csc(C)n4)ccc32)c(C)c1. The summed E-state index contributed by atoms with van der Waals surface area (Å²) in [5.41, 5.74) is 8.30. The normalized spacial score (nSPS) is 12.8. The molecular formula is C26H30N4O2S. The van der Waals surface area contributed by atoms with Crippen LogP contribution >= 0.6 is 11.3 Å². The predicted molar refractivity (Wildman–Crippen MR) is 135 cm³/mol. The molecule has 2 heterocycles. The molecule has 0 atom stereocenters. The fraction of sp³-hybridized carbons (Fsp3) is 0.346. The number of hydrogen-bond acceptors (Lipinski definition) is 5. The lowest BCUT2D eigenvalue weighted by atomic mass is 10.1. The van der Waals surface area contributed by atoms with Crippen molar-refractivity contribution < 1.29 is 9.59 Å². The first-order chi connectivity index (χ1) is 15.7. The molecule has 1 aliphatic rings. The van der Waals surface area contributed by atoms with E-state index in [0.717, 1.165) is 50.8 Å². The number of carbonyl (C=O) groups is 2. The van der Waals surface area contributed by atoms with Gasteiger partial charge < -0.3 is 10.2 Å². The van der Waals surface area contributed by atoms with E-state index in [1.54, 1.807) is 23.3 Å². The summed E-state index contributed by atoms with van der Waals surface area (Å²) in [6.45, 7) is 9.04. The summed E-state index contributed by atoms with van der Waals surface area (Å²) >= 11 is 1.64. The molecule has 0 saturated carbocycles. The highest BCUT2D eigenvalue weighted by Gasteiger charge is 2.26. The Morgan fingerprint density at radius 3 is 2.48 bits per heavy atom. The lowest BCUT2D eigenvalue weighted by molar-refractivity contribution is -0.120. The number of aromatic nitrogens is 1. The second-order valence-corrected chi connectivity index (χ2v) is 9.95. The Bertz CT molecular complexity index is 1190. The largest absolute Gasteiger partial charge is 0.324 e. The first-order valence-electron chi connectivity index (χ1n) is 11.1. The highest BCUT2D eigenvalue weighted by molar-refractivity contribution is 7.09. The molecule has 1 aromatic heterocycles. The number of hydrogen-bond donors (Lipinski definition) is 1. The lowest BCUT2D eigenvalue weighted by Gasteiger charge is -2.22. The van der Waals surface area contributed by atoms with Crippen molar-refractivity contribution in [1.82, 2.24) is 9.88 Å². The summed E-state index contributed by atoms with van der Waals surface area (Å²) in [7, 11) is 1.80. The summed E-state index contributed by atoms with van der Waals surface area (Å²) in [6.07, 6.45) is 0.828. The number of nitrogens with zero attached hydrogens (tertiary/aromatic N) is 3. The molecule has 0 saturated heterocycles. The van der Waals surface area contributed by atoms with Crippen LogP contribution in [0.1, 0.15) is 27.3 Å². The highest BCUT2D eigenvalue weighted by Crippen LogP contribution is 2.33. The smallest absolute Gasteiger partial charge is 0.241 e. The first-order valence-corrected chi connectivity index (χ1v) is 12.0. The van der Waals surface area contributed by atoms with Gasteiger partial charge in [0.15, 0.2) is 0 Å². The van der Waals surface area contributed by atoms with Crippen LogP contribution in [0.3, 0.4) is 0 Å². The van der Waals surface area contributed by atoms with Gasteiger partial charge >= 0.3 is 0 Å². The summed E-state index contributed by atoms with van der Waals surface area (Å²) in [4.78, 5) is 33.8. The molecule has 3 aromatic rings. The van der Waals surface area contributed by atoms with Gasteiger partial charge in [-0.15, -0.1) is 11.3 Å². The molecule has 2 amide bonds. The van der Waals surface area contributed by atoms with Gasteiger partial charge in [0, 0.05) is 28.9 Å². The Kier molecular flexibility index (Phi) is 6.63. The van der Waals surface area contributed by atoms with Crippen LogP contribution in [0, 0.1) is 27.7 Å². The van der Waals surface area contributed by atoms with Crippen LogP contribution in [0.2, 0.25) is 0 Å². The van der Waals surface area contributed by atoms with Crippen molar-refractivity contribution >= 4 is 34.5 Å². The quantitative estimate of drug-likeness (QED) is 0.586. The maximum Gasteiger partial charge on any atom is 0.241 e. The third-order valence-electron chi connectivity index (χ3n) is 5.95. The van der Waals surface area contributed by atoms with Crippen molar-refractivity contribution in [2.24, 2.45) is 0 Å². The van der Waals surface area contributed by atoms with E-state index in [9.17, 15) is 9.59 Å². The van der Waals surface area contributed by atoms with Gasteiger partial charge in [0.2, 0.25) is 11.8 Å².